The summed E-state index contributed by atoms with van der Waals surface area (Å²) < 4.78 is 5.46. The summed E-state index contributed by atoms with van der Waals surface area (Å²) in [5.41, 5.74) is 0. The molecule has 63 heavy (non-hydrogen) atoms. The van der Waals surface area contributed by atoms with E-state index in [2.05, 4.69) is 43.5 Å². The van der Waals surface area contributed by atoms with Gasteiger partial charge < -0.3 is 20.3 Å². The molecular formula is C57H109NO5. The number of aliphatic hydroxyl groups excluding tert-OH is 2. The van der Waals surface area contributed by atoms with E-state index >= 15 is 0 Å². The number of amides is 1. The zero-order valence-corrected chi connectivity index (χ0v) is 42.3. The number of allylic oxidation sites excluding steroid dienone is 4. The first-order valence-electron chi connectivity index (χ1n) is 28.1. The predicted octanol–water partition coefficient (Wildman–Crippen LogP) is 17.1. The van der Waals surface area contributed by atoms with Gasteiger partial charge in [0.15, 0.2) is 0 Å². The van der Waals surface area contributed by atoms with Crippen LogP contribution in [0, 0.1) is 0 Å². The molecule has 0 saturated heterocycles. The van der Waals surface area contributed by atoms with Gasteiger partial charge in [0.05, 0.1) is 25.4 Å². The van der Waals surface area contributed by atoms with Crippen molar-refractivity contribution in [3.63, 3.8) is 0 Å². The number of rotatable bonds is 52. The lowest BCUT2D eigenvalue weighted by Crippen LogP contribution is -2.45. The minimum atomic E-state index is -0.663. The van der Waals surface area contributed by atoms with Crippen molar-refractivity contribution in [2.45, 2.75) is 315 Å². The highest BCUT2D eigenvalue weighted by Gasteiger charge is 2.20. The van der Waals surface area contributed by atoms with Crippen LogP contribution >= 0.6 is 0 Å². The van der Waals surface area contributed by atoms with Crippen LogP contribution < -0.4 is 5.32 Å². The molecule has 372 valence electrons. The Morgan fingerprint density at radius 3 is 1.16 bits per heavy atom. The van der Waals surface area contributed by atoms with E-state index in [1.165, 1.54) is 225 Å². The van der Waals surface area contributed by atoms with Gasteiger partial charge in [-0.15, -0.1) is 0 Å². The second-order valence-corrected chi connectivity index (χ2v) is 19.3. The molecule has 6 heteroatoms. The molecule has 0 saturated carbocycles. The molecule has 0 radical (unpaired) electrons. The number of carbonyl (C=O) groups is 2. The SMILES string of the molecule is CCCCC/C=C\CCCCCCCC(=O)OCCCCCCCCCCCCCC/C=C\CCCCCCCCCCCC(=O)NC(CO)C(O)CCCCCCCCCCC. The molecule has 0 aromatic rings. The maximum Gasteiger partial charge on any atom is 0.305 e. The molecule has 0 aromatic heterocycles. The molecule has 1 amide bonds. The van der Waals surface area contributed by atoms with Crippen LogP contribution in [-0.2, 0) is 14.3 Å². The van der Waals surface area contributed by atoms with Gasteiger partial charge in [-0.3, -0.25) is 9.59 Å². The number of esters is 1. The summed E-state index contributed by atoms with van der Waals surface area (Å²) in [4.78, 5) is 24.4. The van der Waals surface area contributed by atoms with E-state index in [1.54, 1.807) is 0 Å². The fourth-order valence-electron chi connectivity index (χ4n) is 8.63. The van der Waals surface area contributed by atoms with Gasteiger partial charge in [-0.1, -0.05) is 237 Å². The monoisotopic (exact) mass is 888 g/mol. The van der Waals surface area contributed by atoms with Gasteiger partial charge in [0.2, 0.25) is 5.91 Å². The van der Waals surface area contributed by atoms with Crippen molar-refractivity contribution < 1.29 is 24.5 Å². The van der Waals surface area contributed by atoms with Crippen LogP contribution in [0.5, 0.6) is 0 Å². The van der Waals surface area contributed by atoms with Crippen molar-refractivity contribution in [1.82, 2.24) is 5.32 Å². The normalized spacial score (nSPS) is 12.8. The number of hydrogen-bond donors (Lipinski definition) is 3. The molecule has 0 aliphatic carbocycles. The highest BCUT2D eigenvalue weighted by Crippen LogP contribution is 2.16. The summed E-state index contributed by atoms with van der Waals surface area (Å²) in [7, 11) is 0. The first kappa shape index (κ1) is 61.3. The van der Waals surface area contributed by atoms with Crippen LogP contribution in [0.4, 0.5) is 0 Å². The predicted molar refractivity (Wildman–Crippen MR) is 273 cm³/mol. The standard InChI is InChI=1S/C57H109NO5/c1-3-5-7-9-11-13-14-31-35-39-43-47-51-57(62)63-52-48-44-40-36-32-29-27-25-23-21-19-17-15-16-18-20-22-24-26-28-30-34-38-42-46-50-56(61)58-54(53-59)55(60)49-45-41-37-33-12-10-8-6-4-2/h11,13,16,18,54-55,59-60H,3-10,12,14-15,17,19-53H2,1-2H3,(H,58,61)/b13-11-,18-16-. The zero-order chi connectivity index (χ0) is 45.8. The van der Waals surface area contributed by atoms with E-state index < -0.39 is 12.1 Å². The third kappa shape index (κ3) is 49.6. The van der Waals surface area contributed by atoms with Crippen LogP contribution in [0.15, 0.2) is 24.3 Å². The summed E-state index contributed by atoms with van der Waals surface area (Å²) in [5.74, 6) is -0.0372. The number of nitrogens with one attached hydrogen (secondary N) is 1. The van der Waals surface area contributed by atoms with E-state index in [1.807, 2.05) is 0 Å². The first-order valence-corrected chi connectivity index (χ1v) is 28.1. The number of ether oxygens (including phenoxy) is 1. The summed E-state index contributed by atoms with van der Waals surface area (Å²) in [6, 6.07) is -0.541. The smallest absolute Gasteiger partial charge is 0.305 e. The van der Waals surface area contributed by atoms with E-state index in [4.69, 9.17) is 4.74 Å². The Labute approximate surface area is 392 Å². The molecule has 0 spiro atoms. The van der Waals surface area contributed by atoms with Gasteiger partial charge in [-0.25, -0.2) is 0 Å². The maximum atomic E-state index is 12.4. The molecule has 2 atom stereocenters. The molecule has 0 aliphatic heterocycles. The van der Waals surface area contributed by atoms with Crippen molar-refractivity contribution in [2.75, 3.05) is 13.2 Å². The van der Waals surface area contributed by atoms with Crippen LogP contribution in [0.3, 0.4) is 0 Å². The zero-order valence-electron chi connectivity index (χ0n) is 42.3. The van der Waals surface area contributed by atoms with Crippen molar-refractivity contribution in [1.29, 1.82) is 0 Å². The maximum absolute atomic E-state index is 12.4. The number of hydrogen-bond acceptors (Lipinski definition) is 5. The van der Waals surface area contributed by atoms with Gasteiger partial charge >= 0.3 is 5.97 Å². The summed E-state index contributed by atoms with van der Waals surface area (Å²) in [6.07, 6.45) is 63.2. The van der Waals surface area contributed by atoms with Gasteiger partial charge in [0.25, 0.3) is 0 Å². The van der Waals surface area contributed by atoms with Gasteiger partial charge in [0.1, 0.15) is 0 Å². The molecule has 0 rings (SSSR count). The Bertz CT molecular complexity index is 982. The van der Waals surface area contributed by atoms with Crippen molar-refractivity contribution in [3.8, 4) is 0 Å². The fraction of sp³-hybridized carbons (Fsp3) is 0.895. The largest absolute Gasteiger partial charge is 0.466 e. The number of unbranched alkanes of at least 4 members (excludes halogenated alkanes) is 37. The lowest BCUT2D eigenvalue weighted by Gasteiger charge is -2.22. The third-order valence-corrected chi connectivity index (χ3v) is 13.0. The minimum Gasteiger partial charge on any atom is -0.466 e. The average Bonchev–Trinajstić information content (AvgIpc) is 3.28. The van der Waals surface area contributed by atoms with E-state index in [0.29, 0.717) is 25.9 Å². The van der Waals surface area contributed by atoms with Crippen LogP contribution in [0.25, 0.3) is 0 Å². The second-order valence-electron chi connectivity index (χ2n) is 19.3. The molecule has 0 aromatic carbocycles. The molecule has 6 nitrogen and oxygen atoms in total. The Morgan fingerprint density at radius 2 is 0.746 bits per heavy atom. The summed E-state index contributed by atoms with van der Waals surface area (Å²) in [5, 5.41) is 23.1. The topological polar surface area (TPSA) is 95.9 Å². The van der Waals surface area contributed by atoms with Crippen LogP contribution in [-0.4, -0.2) is 47.4 Å². The van der Waals surface area contributed by atoms with Crippen molar-refractivity contribution in [3.05, 3.63) is 24.3 Å². The lowest BCUT2D eigenvalue weighted by molar-refractivity contribution is -0.143. The Balaban J connectivity index is 3.37. The van der Waals surface area contributed by atoms with E-state index in [-0.39, 0.29) is 18.5 Å². The number of aliphatic hydroxyl groups is 2. The average molecular weight is 889 g/mol. The van der Waals surface area contributed by atoms with Gasteiger partial charge in [-0.2, -0.15) is 0 Å². The van der Waals surface area contributed by atoms with E-state index in [9.17, 15) is 19.8 Å². The summed E-state index contributed by atoms with van der Waals surface area (Å²) in [6.45, 7) is 4.91. The minimum absolute atomic E-state index is 0.00309. The van der Waals surface area contributed by atoms with Crippen molar-refractivity contribution >= 4 is 11.9 Å². The fourth-order valence-corrected chi connectivity index (χ4v) is 8.63. The van der Waals surface area contributed by atoms with E-state index in [0.717, 1.165) is 44.9 Å². The number of carbonyl (C=O) groups excluding carboxylic acids is 2. The lowest BCUT2D eigenvalue weighted by atomic mass is 10.0. The highest BCUT2D eigenvalue weighted by atomic mass is 16.5. The summed E-state index contributed by atoms with van der Waals surface area (Å²) >= 11 is 0. The Kier molecular flexibility index (Phi) is 51.6. The molecular weight excluding hydrogens is 779 g/mol. The van der Waals surface area contributed by atoms with Crippen molar-refractivity contribution in [2.24, 2.45) is 0 Å². The molecule has 0 heterocycles. The first-order chi connectivity index (χ1) is 31.0. The Hall–Kier alpha value is -1.66. The molecule has 0 aliphatic rings. The molecule has 2 unspecified atom stereocenters. The molecule has 3 N–H and O–H groups in total. The molecule has 0 fully saturated rings. The highest BCUT2D eigenvalue weighted by molar-refractivity contribution is 5.76. The quantitative estimate of drug-likeness (QED) is 0.0321. The van der Waals surface area contributed by atoms with Crippen LogP contribution in [0.1, 0.15) is 303 Å². The molecule has 0 bridgehead atoms. The van der Waals surface area contributed by atoms with Gasteiger partial charge in [-0.05, 0) is 77.0 Å². The Morgan fingerprint density at radius 1 is 0.429 bits per heavy atom. The van der Waals surface area contributed by atoms with Gasteiger partial charge in [0, 0.05) is 12.8 Å². The third-order valence-electron chi connectivity index (χ3n) is 13.0. The van der Waals surface area contributed by atoms with Crippen LogP contribution in [0.2, 0.25) is 0 Å². The second kappa shape index (κ2) is 53.0.